The number of nitro benzene ring substituents is 1. The number of aryl methyl sites for hydroxylation is 1. The van der Waals surface area contributed by atoms with Gasteiger partial charge in [-0.3, -0.25) is 20.2 Å². The molecule has 1 aliphatic heterocycles. The predicted octanol–water partition coefficient (Wildman–Crippen LogP) is 3.73. The van der Waals surface area contributed by atoms with Crippen LogP contribution in [0.25, 0.3) is 0 Å². The molecule has 1 unspecified atom stereocenters. The molecule has 1 aromatic heterocycles. The fourth-order valence-electron chi connectivity index (χ4n) is 2.90. The van der Waals surface area contributed by atoms with Crippen LogP contribution in [-0.2, 0) is 11.2 Å². The number of thiazole rings is 1. The molecule has 2 aromatic carbocycles. The molecule has 1 N–H and O–H groups in total. The average Bonchev–Trinajstić information content (AvgIpc) is 3.06. The highest BCUT2D eigenvalue weighted by Gasteiger charge is 2.28. The number of nitrogens with zero attached hydrogens (tertiary/aromatic N) is 2. The van der Waals surface area contributed by atoms with Crippen molar-refractivity contribution in [3.05, 3.63) is 74.8 Å². The van der Waals surface area contributed by atoms with Crippen molar-refractivity contribution in [1.82, 2.24) is 4.98 Å². The van der Waals surface area contributed by atoms with Gasteiger partial charge in [-0.2, -0.15) is 0 Å². The van der Waals surface area contributed by atoms with Gasteiger partial charge in [-0.25, -0.2) is 4.98 Å². The van der Waals surface area contributed by atoms with Crippen molar-refractivity contribution in [3.8, 4) is 11.5 Å². The summed E-state index contributed by atoms with van der Waals surface area (Å²) in [6.07, 6.45) is -0.180. The van der Waals surface area contributed by atoms with E-state index in [1.165, 1.54) is 23.5 Å². The Hall–Kier alpha value is -3.46. The molecule has 0 bridgehead atoms. The van der Waals surface area contributed by atoms with Gasteiger partial charge in [0.15, 0.2) is 16.6 Å². The highest BCUT2D eigenvalue weighted by molar-refractivity contribution is 7.15. The number of para-hydroxylation sites is 2. The number of anilines is 1. The first kappa shape index (κ1) is 18.9. The third-order valence-electron chi connectivity index (χ3n) is 4.44. The summed E-state index contributed by atoms with van der Waals surface area (Å²) in [4.78, 5) is 28.3. The van der Waals surface area contributed by atoms with Crippen molar-refractivity contribution in [3.63, 3.8) is 0 Å². The Balaban J connectivity index is 1.41. The van der Waals surface area contributed by atoms with Gasteiger partial charge in [0.25, 0.3) is 11.6 Å². The van der Waals surface area contributed by atoms with E-state index in [0.717, 1.165) is 16.1 Å². The molecule has 2 heterocycles. The molecule has 1 atom stereocenters. The average molecular weight is 411 g/mol. The van der Waals surface area contributed by atoms with Crippen molar-refractivity contribution >= 4 is 28.1 Å². The molecule has 0 fully saturated rings. The molecule has 148 valence electrons. The van der Waals surface area contributed by atoms with E-state index in [-0.39, 0.29) is 18.2 Å². The monoisotopic (exact) mass is 411 g/mol. The Morgan fingerprint density at radius 3 is 2.69 bits per heavy atom. The normalized spacial score (nSPS) is 15.0. The standard InChI is InChI=1S/C20H17N3O5S/c1-12-18(10-13-6-8-14(9-7-13)23(25)26)29-20(21-12)22-19(24)17-11-27-15-4-2-3-5-16(15)28-17/h2-9,17H,10-11H2,1H3,(H,21,22,24). The van der Waals surface area contributed by atoms with E-state index in [1.807, 2.05) is 19.1 Å². The van der Waals surface area contributed by atoms with Crippen molar-refractivity contribution < 1.29 is 19.2 Å². The maximum Gasteiger partial charge on any atom is 0.270 e. The van der Waals surface area contributed by atoms with E-state index in [4.69, 9.17) is 9.47 Å². The molecule has 29 heavy (non-hydrogen) atoms. The van der Waals surface area contributed by atoms with E-state index in [2.05, 4.69) is 10.3 Å². The van der Waals surface area contributed by atoms with Crippen molar-refractivity contribution in [2.45, 2.75) is 19.4 Å². The summed E-state index contributed by atoms with van der Waals surface area (Å²) >= 11 is 1.37. The largest absolute Gasteiger partial charge is 0.485 e. The maximum atomic E-state index is 12.5. The summed E-state index contributed by atoms with van der Waals surface area (Å²) in [5, 5.41) is 14.0. The fourth-order valence-corrected chi connectivity index (χ4v) is 3.90. The minimum absolute atomic E-state index is 0.0546. The number of ether oxygens (including phenoxy) is 2. The van der Waals surface area contributed by atoms with Crippen LogP contribution in [0.5, 0.6) is 11.5 Å². The Morgan fingerprint density at radius 2 is 1.97 bits per heavy atom. The lowest BCUT2D eigenvalue weighted by Gasteiger charge is -2.25. The number of rotatable bonds is 5. The van der Waals surface area contributed by atoms with Gasteiger partial charge in [-0.1, -0.05) is 24.3 Å². The Bertz CT molecular complexity index is 1060. The lowest BCUT2D eigenvalue weighted by atomic mass is 10.1. The van der Waals surface area contributed by atoms with Gasteiger partial charge >= 0.3 is 0 Å². The molecule has 0 radical (unpaired) electrons. The van der Waals surface area contributed by atoms with Gasteiger partial charge in [0.05, 0.1) is 10.6 Å². The van der Waals surface area contributed by atoms with E-state index in [9.17, 15) is 14.9 Å². The number of hydrogen-bond acceptors (Lipinski definition) is 7. The van der Waals surface area contributed by atoms with E-state index in [1.54, 1.807) is 24.3 Å². The first-order chi connectivity index (χ1) is 14.0. The number of aromatic nitrogens is 1. The van der Waals surface area contributed by atoms with Gasteiger partial charge in [0.2, 0.25) is 6.10 Å². The number of fused-ring (bicyclic) bond motifs is 1. The minimum atomic E-state index is -0.757. The first-order valence-corrected chi connectivity index (χ1v) is 9.70. The lowest BCUT2D eigenvalue weighted by molar-refractivity contribution is -0.384. The Morgan fingerprint density at radius 1 is 1.24 bits per heavy atom. The third-order valence-corrected chi connectivity index (χ3v) is 5.51. The SMILES string of the molecule is Cc1nc(NC(=O)C2COc3ccccc3O2)sc1Cc1ccc([N+](=O)[O-])cc1. The number of nitro groups is 1. The summed E-state index contributed by atoms with van der Waals surface area (Å²) in [5.41, 5.74) is 1.79. The molecule has 4 rings (SSSR count). The predicted molar refractivity (Wildman–Crippen MR) is 108 cm³/mol. The van der Waals surface area contributed by atoms with Crippen LogP contribution in [0, 0.1) is 17.0 Å². The second-order valence-corrected chi connectivity index (χ2v) is 7.57. The third kappa shape index (κ3) is 4.19. The van der Waals surface area contributed by atoms with Crippen LogP contribution in [0.15, 0.2) is 48.5 Å². The molecule has 1 amide bonds. The first-order valence-electron chi connectivity index (χ1n) is 8.88. The smallest absolute Gasteiger partial charge is 0.270 e. The van der Waals surface area contributed by atoms with E-state index >= 15 is 0 Å². The van der Waals surface area contributed by atoms with Crippen LogP contribution < -0.4 is 14.8 Å². The van der Waals surface area contributed by atoms with Gasteiger partial charge < -0.3 is 9.47 Å². The second kappa shape index (κ2) is 7.88. The Labute approximate surface area is 170 Å². The van der Waals surface area contributed by atoms with Crippen molar-refractivity contribution in [1.29, 1.82) is 0 Å². The molecule has 0 saturated carbocycles. The van der Waals surface area contributed by atoms with Crippen LogP contribution in [-0.4, -0.2) is 28.5 Å². The van der Waals surface area contributed by atoms with Gasteiger partial charge in [0.1, 0.15) is 6.61 Å². The van der Waals surface area contributed by atoms with E-state index < -0.39 is 11.0 Å². The zero-order valence-corrected chi connectivity index (χ0v) is 16.3. The maximum absolute atomic E-state index is 12.5. The molecular weight excluding hydrogens is 394 g/mol. The zero-order valence-electron chi connectivity index (χ0n) is 15.5. The number of amides is 1. The van der Waals surface area contributed by atoms with Crippen molar-refractivity contribution in [2.24, 2.45) is 0 Å². The summed E-state index contributed by atoms with van der Waals surface area (Å²) in [6.45, 7) is 1.99. The molecule has 1 aliphatic rings. The number of hydrogen-bond donors (Lipinski definition) is 1. The molecular formula is C20H17N3O5S. The van der Waals surface area contributed by atoms with E-state index in [0.29, 0.717) is 23.1 Å². The fraction of sp³-hybridized carbons (Fsp3) is 0.200. The summed E-state index contributed by atoms with van der Waals surface area (Å²) in [5.74, 6) is 0.829. The van der Waals surface area contributed by atoms with Crippen LogP contribution in [0.1, 0.15) is 16.1 Å². The molecule has 8 nitrogen and oxygen atoms in total. The van der Waals surface area contributed by atoms with Crippen LogP contribution in [0.3, 0.4) is 0 Å². The molecule has 0 saturated heterocycles. The second-order valence-electron chi connectivity index (χ2n) is 6.48. The highest BCUT2D eigenvalue weighted by atomic mass is 32.1. The van der Waals surface area contributed by atoms with Gasteiger partial charge in [-0.05, 0) is 24.6 Å². The molecule has 9 heteroatoms. The number of benzene rings is 2. The van der Waals surface area contributed by atoms with Gasteiger partial charge in [0, 0.05) is 23.4 Å². The van der Waals surface area contributed by atoms with Crippen LogP contribution in [0.4, 0.5) is 10.8 Å². The summed E-state index contributed by atoms with van der Waals surface area (Å²) < 4.78 is 11.3. The molecule has 0 spiro atoms. The van der Waals surface area contributed by atoms with Crippen molar-refractivity contribution in [2.75, 3.05) is 11.9 Å². The molecule has 0 aliphatic carbocycles. The number of carbonyl (C=O) groups excluding carboxylic acids is 1. The van der Waals surface area contributed by atoms with Crippen LogP contribution in [0.2, 0.25) is 0 Å². The minimum Gasteiger partial charge on any atom is -0.485 e. The van der Waals surface area contributed by atoms with Gasteiger partial charge in [-0.15, -0.1) is 11.3 Å². The summed E-state index contributed by atoms with van der Waals surface area (Å²) in [6, 6.07) is 13.6. The molecule has 3 aromatic rings. The lowest BCUT2D eigenvalue weighted by Crippen LogP contribution is -2.40. The van der Waals surface area contributed by atoms with Crippen LogP contribution >= 0.6 is 11.3 Å². The highest BCUT2D eigenvalue weighted by Crippen LogP contribution is 2.31. The topological polar surface area (TPSA) is 104 Å². The zero-order chi connectivity index (χ0) is 20.4. The quantitative estimate of drug-likeness (QED) is 0.507. The number of non-ortho nitro benzene ring substituents is 1. The summed E-state index contributed by atoms with van der Waals surface area (Å²) in [7, 11) is 0. The number of carbonyl (C=O) groups is 1. The Kier molecular flexibility index (Phi) is 5.13. The number of nitrogens with one attached hydrogen (secondary N) is 1.